The molecule has 0 saturated heterocycles. The molecule has 0 aromatic heterocycles. The van der Waals surface area contributed by atoms with E-state index in [1.54, 1.807) is 31.2 Å². The molecule has 2 aromatic rings. The zero-order valence-corrected chi connectivity index (χ0v) is 12.8. The van der Waals surface area contributed by atoms with Crippen molar-refractivity contribution in [1.82, 2.24) is 5.32 Å². The minimum absolute atomic E-state index is 0.0464. The summed E-state index contributed by atoms with van der Waals surface area (Å²) in [5, 5.41) is 5.71. The topological polar surface area (TPSA) is 58.2 Å². The van der Waals surface area contributed by atoms with Gasteiger partial charge in [-0.1, -0.05) is 37.3 Å². The van der Waals surface area contributed by atoms with E-state index in [0.29, 0.717) is 17.7 Å². The lowest BCUT2D eigenvalue weighted by Crippen LogP contribution is -2.26. The lowest BCUT2D eigenvalue weighted by Gasteiger charge is -2.14. The Kier molecular flexibility index (Phi) is 5.31. The zero-order valence-electron chi connectivity index (χ0n) is 12.8. The zero-order chi connectivity index (χ0) is 15.9. The molecule has 4 nitrogen and oxygen atoms in total. The molecule has 2 aromatic carbocycles. The van der Waals surface area contributed by atoms with Crippen molar-refractivity contribution in [2.24, 2.45) is 0 Å². The van der Waals surface area contributed by atoms with Gasteiger partial charge in [0.2, 0.25) is 5.91 Å². The molecule has 1 atom stereocenters. The summed E-state index contributed by atoms with van der Waals surface area (Å²) in [5.74, 6) is -0.181. The molecule has 0 fully saturated rings. The number of hydrogen-bond acceptors (Lipinski definition) is 2. The van der Waals surface area contributed by atoms with Crippen molar-refractivity contribution in [3.05, 3.63) is 65.7 Å². The van der Waals surface area contributed by atoms with E-state index >= 15 is 0 Å². The van der Waals surface area contributed by atoms with E-state index in [-0.39, 0.29) is 17.9 Å². The molecule has 0 aliphatic heterocycles. The van der Waals surface area contributed by atoms with Crippen LogP contribution in [0.3, 0.4) is 0 Å². The minimum Gasteiger partial charge on any atom is -0.346 e. The van der Waals surface area contributed by atoms with Crippen LogP contribution in [0.2, 0.25) is 0 Å². The van der Waals surface area contributed by atoms with E-state index in [1.807, 2.05) is 37.3 Å². The van der Waals surface area contributed by atoms with Gasteiger partial charge < -0.3 is 10.6 Å². The van der Waals surface area contributed by atoms with Gasteiger partial charge in [0.25, 0.3) is 5.91 Å². The van der Waals surface area contributed by atoms with Crippen LogP contribution in [0.25, 0.3) is 0 Å². The summed E-state index contributed by atoms with van der Waals surface area (Å²) in [6, 6.07) is 16.6. The van der Waals surface area contributed by atoms with Gasteiger partial charge in [-0.25, -0.2) is 0 Å². The van der Waals surface area contributed by atoms with Gasteiger partial charge >= 0.3 is 0 Å². The third kappa shape index (κ3) is 4.19. The van der Waals surface area contributed by atoms with Crippen LogP contribution in [0, 0.1) is 0 Å². The first-order valence-electron chi connectivity index (χ1n) is 7.36. The largest absolute Gasteiger partial charge is 0.346 e. The molecule has 0 aliphatic carbocycles. The molecular formula is C18H20N2O2. The molecule has 0 spiro atoms. The van der Waals surface area contributed by atoms with Crippen molar-refractivity contribution in [1.29, 1.82) is 0 Å². The number of carbonyl (C=O) groups excluding carboxylic acids is 2. The summed E-state index contributed by atoms with van der Waals surface area (Å²) in [7, 11) is 0. The van der Waals surface area contributed by atoms with Gasteiger partial charge in [-0.05, 0) is 36.8 Å². The van der Waals surface area contributed by atoms with Gasteiger partial charge in [-0.15, -0.1) is 0 Å². The van der Waals surface area contributed by atoms with E-state index < -0.39 is 0 Å². The number of nitrogens with one attached hydrogen (secondary N) is 2. The number of hydrogen-bond donors (Lipinski definition) is 2. The normalized spacial score (nSPS) is 11.5. The van der Waals surface area contributed by atoms with Gasteiger partial charge in [0.15, 0.2) is 0 Å². The Morgan fingerprint density at radius 1 is 1.00 bits per heavy atom. The second-order valence-corrected chi connectivity index (χ2v) is 5.08. The van der Waals surface area contributed by atoms with Crippen molar-refractivity contribution in [3.63, 3.8) is 0 Å². The number of amides is 2. The van der Waals surface area contributed by atoms with Crippen LogP contribution in [0.5, 0.6) is 0 Å². The van der Waals surface area contributed by atoms with Gasteiger partial charge in [0.1, 0.15) is 0 Å². The number of benzene rings is 2. The highest BCUT2D eigenvalue weighted by atomic mass is 16.2. The van der Waals surface area contributed by atoms with Gasteiger partial charge in [0.05, 0.1) is 6.04 Å². The smallest absolute Gasteiger partial charge is 0.251 e. The van der Waals surface area contributed by atoms with Crippen molar-refractivity contribution in [2.75, 3.05) is 5.32 Å². The molecule has 0 saturated carbocycles. The molecule has 114 valence electrons. The molecule has 2 amide bonds. The lowest BCUT2D eigenvalue weighted by molar-refractivity contribution is -0.115. The standard InChI is InChI=1S/C18H20N2O2/c1-3-17(21)20-16-11-9-15(10-12-16)18(22)19-13(2)14-7-5-4-6-8-14/h4-13H,3H2,1-2H3,(H,19,22)(H,20,21)/t13-/m0/s1. The average molecular weight is 296 g/mol. The maximum Gasteiger partial charge on any atom is 0.251 e. The lowest BCUT2D eigenvalue weighted by atomic mass is 10.1. The molecule has 0 unspecified atom stereocenters. The molecule has 0 bridgehead atoms. The van der Waals surface area contributed by atoms with Crippen LogP contribution < -0.4 is 10.6 Å². The van der Waals surface area contributed by atoms with Crippen LogP contribution >= 0.6 is 0 Å². The first-order valence-corrected chi connectivity index (χ1v) is 7.36. The fraction of sp³-hybridized carbons (Fsp3) is 0.222. The monoisotopic (exact) mass is 296 g/mol. The van der Waals surface area contributed by atoms with Gasteiger partial charge in [0, 0.05) is 17.7 Å². The quantitative estimate of drug-likeness (QED) is 0.887. The predicted octanol–water partition coefficient (Wildman–Crippen LogP) is 3.53. The summed E-state index contributed by atoms with van der Waals surface area (Å²) < 4.78 is 0. The summed E-state index contributed by atoms with van der Waals surface area (Å²) in [6.07, 6.45) is 0.427. The van der Waals surface area contributed by atoms with E-state index in [0.717, 1.165) is 5.56 Å². The first-order chi connectivity index (χ1) is 10.6. The first kappa shape index (κ1) is 15.8. The molecule has 0 aliphatic rings. The van der Waals surface area contributed by atoms with E-state index in [2.05, 4.69) is 10.6 Å². The third-order valence-corrected chi connectivity index (χ3v) is 3.40. The molecule has 0 heterocycles. The van der Waals surface area contributed by atoms with Crippen molar-refractivity contribution >= 4 is 17.5 Å². The second kappa shape index (κ2) is 7.41. The summed E-state index contributed by atoms with van der Waals surface area (Å²) in [5.41, 5.74) is 2.32. The van der Waals surface area contributed by atoms with Crippen molar-refractivity contribution in [3.8, 4) is 0 Å². The summed E-state index contributed by atoms with van der Waals surface area (Å²) >= 11 is 0. The Morgan fingerprint density at radius 2 is 1.64 bits per heavy atom. The Balaban J connectivity index is 1.99. The van der Waals surface area contributed by atoms with Gasteiger partial charge in [-0.2, -0.15) is 0 Å². The highest BCUT2D eigenvalue weighted by Gasteiger charge is 2.11. The molecule has 4 heteroatoms. The summed E-state index contributed by atoms with van der Waals surface area (Å²) in [6.45, 7) is 3.74. The number of anilines is 1. The Morgan fingerprint density at radius 3 is 2.23 bits per heavy atom. The maximum atomic E-state index is 12.2. The maximum absolute atomic E-state index is 12.2. The molecule has 0 radical (unpaired) electrons. The Bertz CT molecular complexity index is 636. The minimum atomic E-state index is -0.135. The SMILES string of the molecule is CCC(=O)Nc1ccc(C(=O)N[C@@H](C)c2ccccc2)cc1. The second-order valence-electron chi connectivity index (χ2n) is 5.08. The van der Waals surface area contributed by atoms with Crippen LogP contribution in [0.4, 0.5) is 5.69 Å². The predicted molar refractivity (Wildman–Crippen MR) is 87.7 cm³/mol. The summed E-state index contributed by atoms with van der Waals surface area (Å²) in [4.78, 5) is 23.5. The van der Waals surface area contributed by atoms with Crippen molar-refractivity contribution in [2.45, 2.75) is 26.3 Å². The fourth-order valence-corrected chi connectivity index (χ4v) is 2.06. The Labute approximate surface area is 130 Å². The van der Waals surface area contributed by atoms with E-state index in [9.17, 15) is 9.59 Å². The number of rotatable bonds is 5. The van der Waals surface area contributed by atoms with E-state index in [1.165, 1.54) is 0 Å². The van der Waals surface area contributed by atoms with Crippen molar-refractivity contribution < 1.29 is 9.59 Å². The van der Waals surface area contributed by atoms with Crippen LogP contribution in [-0.2, 0) is 4.79 Å². The number of carbonyl (C=O) groups is 2. The van der Waals surface area contributed by atoms with Gasteiger partial charge in [-0.3, -0.25) is 9.59 Å². The highest BCUT2D eigenvalue weighted by molar-refractivity contribution is 5.95. The van der Waals surface area contributed by atoms with Crippen LogP contribution in [0.1, 0.15) is 42.2 Å². The van der Waals surface area contributed by atoms with Crippen LogP contribution in [-0.4, -0.2) is 11.8 Å². The molecule has 2 rings (SSSR count). The molecule has 2 N–H and O–H groups in total. The Hall–Kier alpha value is -2.62. The highest BCUT2D eigenvalue weighted by Crippen LogP contribution is 2.14. The molecular weight excluding hydrogens is 276 g/mol. The molecule has 22 heavy (non-hydrogen) atoms. The van der Waals surface area contributed by atoms with E-state index in [4.69, 9.17) is 0 Å². The third-order valence-electron chi connectivity index (χ3n) is 3.40. The fourth-order valence-electron chi connectivity index (χ4n) is 2.06. The van der Waals surface area contributed by atoms with Crippen LogP contribution in [0.15, 0.2) is 54.6 Å². The average Bonchev–Trinajstić information content (AvgIpc) is 2.56.